The molecule has 3 atom stereocenters. The summed E-state index contributed by atoms with van der Waals surface area (Å²) in [6.45, 7) is 7.93. The molecule has 2 aromatic rings. The Bertz CT molecular complexity index is 1290. The molecule has 0 radical (unpaired) electrons. The molecule has 4 rings (SSSR count). The van der Waals surface area contributed by atoms with Gasteiger partial charge < -0.3 is 20.4 Å². The first-order chi connectivity index (χ1) is 17.3. The number of hydrogen-bond donors (Lipinski definition) is 2. The fourth-order valence-corrected chi connectivity index (χ4v) is 4.44. The molecular weight excluding hydrogens is 457 g/mol. The smallest absolute Gasteiger partial charge is 0.247 e. The monoisotopic (exact) mass is 485 g/mol. The number of likely N-dealkylation sites (tertiary alicyclic amines) is 1. The first-order valence-electron chi connectivity index (χ1n) is 11.8. The maximum Gasteiger partial charge on any atom is 0.247 e. The first kappa shape index (κ1) is 24.9. The number of hydrogen-bond acceptors (Lipinski definition) is 5. The Hall–Kier alpha value is -4.25. The van der Waals surface area contributed by atoms with Gasteiger partial charge >= 0.3 is 0 Å². The number of rotatable bonds is 5. The molecule has 2 N–H and O–H groups in total. The second kappa shape index (κ2) is 10.6. The van der Waals surface area contributed by atoms with Gasteiger partial charge in [-0.2, -0.15) is 4.99 Å². The Labute approximate surface area is 210 Å². The lowest BCUT2D eigenvalue weighted by molar-refractivity contribution is -0.127. The van der Waals surface area contributed by atoms with E-state index < -0.39 is 17.3 Å². The number of nitrogens with one attached hydrogen (secondary N) is 2. The number of ether oxygens (including phenoxy) is 1. The molecule has 2 aliphatic heterocycles. The molecule has 0 aliphatic carbocycles. The molecule has 0 bridgehead atoms. The summed E-state index contributed by atoms with van der Waals surface area (Å²) < 4.78 is 20.8. The number of amidine groups is 1. The maximum atomic E-state index is 15.1. The van der Waals surface area contributed by atoms with Crippen LogP contribution in [0.15, 0.2) is 71.2 Å². The van der Waals surface area contributed by atoms with Gasteiger partial charge in [-0.15, -0.1) is 0 Å². The van der Waals surface area contributed by atoms with E-state index in [2.05, 4.69) is 33.8 Å². The number of carbonyl (C=O) groups excluding carboxylic acids is 1. The molecule has 1 fully saturated rings. The summed E-state index contributed by atoms with van der Waals surface area (Å²) in [4.78, 5) is 22.6. The third kappa shape index (κ3) is 5.20. The van der Waals surface area contributed by atoms with Crippen molar-refractivity contribution in [3.05, 3.63) is 72.6 Å². The fraction of sp³-hybridized carbons (Fsp3) is 0.286. The molecule has 2 aliphatic rings. The normalized spacial score (nSPS) is 24.0. The summed E-state index contributed by atoms with van der Waals surface area (Å²) in [5.74, 6) is 3.08. The molecule has 0 aromatic heterocycles. The van der Waals surface area contributed by atoms with Crippen molar-refractivity contribution in [3.63, 3.8) is 0 Å². The highest BCUT2D eigenvalue weighted by Gasteiger charge is 2.37. The lowest BCUT2D eigenvalue weighted by Crippen LogP contribution is -2.45. The Morgan fingerprint density at radius 3 is 2.83 bits per heavy atom. The highest BCUT2D eigenvalue weighted by Crippen LogP contribution is 2.29. The van der Waals surface area contributed by atoms with Crippen LogP contribution in [0.5, 0.6) is 11.5 Å². The van der Waals surface area contributed by atoms with Crippen LogP contribution in [0.1, 0.15) is 32.3 Å². The third-order valence-electron chi connectivity index (χ3n) is 6.40. The standard InChI is InChI=1S/C28H28FN5O2/c1-4-24(35)34-16-8-13-28(34,3)14-15-31-27-25(19(2)32-18-33-27)26(30)22-12-11-21(17-23(22)29)36-20-9-6-5-7-10-20/h4-7,9-12,17-19,25,30H,1,8,13,16H2,2-3H3,(H,31,32,33)/t19?,25?,28-/m0/s1. The van der Waals surface area contributed by atoms with Crippen LogP contribution in [0.2, 0.25) is 0 Å². The Balaban J connectivity index is 1.57. The number of halogens is 1. The predicted octanol–water partition coefficient (Wildman–Crippen LogP) is 4.55. The Kier molecular flexibility index (Phi) is 7.30. The van der Waals surface area contributed by atoms with Crippen molar-refractivity contribution < 1.29 is 13.9 Å². The maximum absolute atomic E-state index is 15.1. The number of para-hydroxylation sites is 1. The zero-order valence-corrected chi connectivity index (χ0v) is 20.3. The Morgan fingerprint density at radius 2 is 2.11 bits per heavy atom. The van der Waals surface area contributed by atoms with Crippen LogP contribution in [0.3, 0.4) is 0 Å². The van der Waals surface area contributed by atoms with Gasteiger partial charge in [0.2, 0.25) is 5.91 Å². The van der Waals surface area contributed by atoms with Gasteiger partial charge in [0.15, 0.2) is 0 Å². The van der Waals surface area contributed by atoms with Crippen LogP contribution in [-0.2, 0) is 4.79 Å². The Morgan fingerprint density at radius 1 is 1.33 bits per heavy atom. The van der Waals surface area contributed by atoms with Crippen LogP contribution in [0.25, 0.3) is 0 Å². The minimum Gasteiger partial charge on any atom is -0.457 e. The SMILES string of the molecule is C=CC(=O)N1CCC[C@@]1(C)C#CN=C1NC=NC(C)C1C(=N)c1ccc(Oc2ccccc2)cc1F. The van der Waals surface area contributed by atoms with Crippen molar-refractivity contribution >= 4 is 23.8 Å². The molecule has 0 saturated carbocycles. The molecule has 2 heterocycles. The summed E-state index contributed by atoms with van der Waals surface area (Å²) >= 11 is 0. The molecule has 36 heavy (non-hydrogen) atoms. The van der Waals surface area contributed by atoms with E-state index in [1.54, 1.807) is 23.1 Å². The summed E-state index contributed by atoms with van der Waals surface area (Å²) in [6.07, 6.45) is 4.38. The van der Waals surface area contributed by atoms with Crippen molar-refractivity contribution in [2.75, 3.05) is 6.54 Å². The van der Waals surface area contributed by atoms with Crippen LogP contribution in [0.4, 0.5) is 4.39 Å². The van der Waals surface area contributed by atoms with E-state index >= 15 is 4.39 Å². The zero-order chi connectivity index (χ0) is 25.7. The van der Waals surface area contributed by atoms with E-state index in [1.165, 1.54) is 24.5 Å². The van der Waals surface area contributed by atoms with Gasteiger partial charge in [-0.05, 0) is 63.0 Å². The molecule has 184 valence electrons. The summed E-state index contributed by atoms with van der Waals surface area (Å²) in [6, 6.07) is 16.0. The summed E-state index contributed by atoms with van der Waals surface area (Å²) in [5, 5.41) is 11.8. The average molecular weight is 486 g/mol. The van der Waals surface area contributed by atoms with Crippen LogP contribution in [0, 0.1) is 29.1 Å². The summed E-state index contributed by atoms with van der Waals surface area (Å²) in [7, 11) is 0. The predicted molar refractivity (Wildman–Crippen MR) is 139 cm³/mol. The molecule has 2 aromatic carbocycles. The number of benzene rings is 2. The van der Waals surface area contributed by atoms with Gasteiger partial charge in [0.1, 0.15) is 28.7 Å². The second-order valence-electron chi connectivity index (χ2n) is 8.92. The molecule has 8 heteroatoms. The van der Waals surface area contributed by atoms with Gasteiger partial charge in [-0.3, -0.25) is 9.79 Å². The van der Waals surface area contributed by atoms with Crippen molar-refractivity contribution in [3.8, 4) is 23.5 Å². The lowest BCUT2D eigenvalue weighted by atomic mass is 9.88. The van der Waals surface area contributed by atoms with E-state index in [4.69, 9.17) is 10.1 Å². The number of carbonyl (C=O) groups is 1. The highest BCUT2D eigenvalue weighted by molar-refractivity contribution is 6.16. The molecular formula is C28H28FN5O2. The van der Waals surface area contributed by atoms with Gasteiger partial charge in [0.05, 0.1) is 24.0 Å². The molecule has 1 saturated heterocycles. The van der Waals surface area contributed by atoms with Gasteiger partial charge in [-0.1, -0.05) is 24.8 Å². The van der Waals surface area contributed by atoms with Crippen molar-refractivity contribution in [2.45, 2.75) is 38.3 Å². The molecule has 7 nitrogen and oxygen atoms in total. The van der Waals surface area contributed by atoms with Crippen molar-refractivity contribution in [1.82, 2.24) is 10.2 Å². The molecule has 0 spiro atoms. The van der Waals surface area contributed by atoms with Crippen LogP contribution >= 0.6 is 0 Å². The summed E-state index contributed by atoms with van der Waals surface area (Å²) in [5.41, 5.74) is -0.475. The van der Waals surface area contributed by atoms with Crippen LogP contribution in [-0.4, -0.2) is 46.8 Å². The third-order valence-corrected chi connectivity index (χ3v) is 6.40. The largest absolute Gasteiger partial charge is 0.457 e. The minimum absolute atomic E-state index is 0.0340. The fourth-order valence-electron chi connectivity index (χ4n) is 4.44. The number of amides is 1. The number of nitrogens with zero attached hydrogens (tertiary/aromatic N) is 3. The van der Waals surface area contributed by atoms with Gasteiger partial charge in [0.25, 0.3) is 0 Å². The van der Waals surface area contributed by atoms with Crippen LogP contribution < -0.4 is 10.1 Å². The number of aliphatic imine (C=N–C) groups is 2. The molecule has 1 amide bonds. The van der Waals surface area contributed by atoms with Gasteiger partial charge in [0, 0.05) is 24.2 Å². The van der Waals surface area contributed by atoms with E-state index in [9.17, 15) is 4.79 Å². The first-order valence-corrected chi connectivity index (χ1v) is 11.8. The minimum atomic E-state index is -0.645. The van der Waals surface area contributed by atoms with E-state index in [0.29, 0.717) is 23.9 Å². The lowest BCUT2D eigenvalue weighted by Gasteiger charge is -2.29. The second-order valence-corrected chi connectivity index (χ2v) is 8.92. The van der Waals surface area contributed by atoms with E-state index in [0.717, 1.165) is 12.8 Å². The van der Waals surface area contributed by atoms with E-state index in [1.807, 2.05) is 32.0 Å². The average Bonchev–Trinajstić information content (AvgIpc) is 3.25. The quantitative estimate of drug-likeness (QED) is 0.370. The van der Waals surface area contributed by atoms with Crippen molar-refractivity contribution in [1.29, 1.82) is 5.41 Å². The zero-order valence-electron chi connectivity index (χ0n) is 20.3. The highest BCUT2D eigenvalue weighted by atomic mass is 19.1. The topological polar surface area (TPSA) is 90.1 Å². The van der Waals surface area contributed by atoms with Gasteiger partial charge in [-0.25, -0.2) is 4.39 Å². The van der Waals surface area contributed by atoms with Crippen molar-refractivity contribution in [2.24, 2.45) is 15.9 Å². The molecule has 2 unspecified atom stereocenters. The van der Waals surface area contributed by atoms with E-state index in [-0.39, 0.29) is 23.2 Å².